The molecule has 304 valence electrons. The van der Waals surface area contributed by atoms with Gasteiger partial charge in [0.1, 0.15) is 18.3 Å². The van der Waals surface area contributed by atoms with Gasteiger partial charge in [0.25, 0.3) is 0 Å². The minimum absolute atomic E-state index is 0.0896. The Morgan fingerprint density at radius 2 is 1.58 bits per heavy atom. The SMILES string of the molecule is CC(C)=CCC[C@](C)(OC1O[C@H](CO)[C@@H](O)[C@H](OC(=O)CCC(=O)O)[C@H]1O)[C@H]1CC[C@]2(C)[C@]1(C)[C@H](O)C[C@@H]1[C@@]3(C)CC[C@H](O)C(C)(C)C3[C@@H](O)C[C@]12C. The fourth-order valence-corrected chi connectivity index (χ4v) is 13.2. The number of allylic oxidation sites excluding steroid dienone is 2. The number of esters is 1. The molecule has 5 rings (SSSR count). The van der Waals surface area contributed by atoms with Crippen LogP contribution in [0.1, 0.15) is 127 Å². The van der Waals surface area contributed by atoms with E-state index in [0.717, 1.165) is 18.4 Å². The van der Waals surface area contributed by atoms with Crippen molar-refractivity contribution < 1.29 is 59.5 Å². The molecule has 7 N–H and O–H groups in total. The summed E-state index contributed by atoms with van der Waals surface area (Å²) in [4.78, 5) is 23.7. The summed E-state index contributed by atoms with van der Waals surface area (Å²) in [5, 5.41) is 77.6. The predicted molar refractivity (Wildman–Crippen MR) is 195 cm³/mol. The molecule has 0 bridgehead atoms. The molecule has 0 aromatic carbocycles. The number of aliphatic hydroxyl groups is 6. The summed E-state index contributed by atoms with van der Waals surface area (Å²) in [6, 6.07) is 0. The van der Waals surface area contributed by atoms with Crippen LogP contribution in [0.25, 0.3) is 0 Å². The number of fused-ring (bicyclic) bond motifs is 5. The lowest BCUT2D eigenvalue weighted by atomic mass is 9.32. The van der Waals surface area contributed by atoms with Crippen LogP contribution < -0.4 is 0 Å². The second kappa shape index (κ2) is 14.7. The van der Waals surface area contributed by atoms with Crippen LogP contribution in [0.4, 0.5) is 0 Å². The molecule has 0 spiro atoms. The monoisotopic (exact) mass is 752 g/mol. The number of hydrogen-bond acceptors (Lipinski definition) is 11. The van der Waals surface area contributed by atoms with Crippen LogP contribution in [0.2, 0.25) is 0 Å². The normalized spacial score (nSPS) is 47.3. The fraction of sp³-hybridized carbons (Fsp3) is 0.902. The van der Waals surface area contributed by atoms with Gasteiger partial charge in [0.2, 0.25) is 0 Å². The number of ether oxygens (including phenoxy) is 3. The van der Waals surface area contributed by atoms with Gasteiger partial charge in [-0.15, -0.1) is 0 Å². The van der Waals surface area contributed by atoms with E-state index in [1.807, 2.05) is 20.8 Å². The molecule has 0 aromatic heterocycles. The van der Waals surface area contributed by atoms with Crippen LogP contribution in [0, 0.1) is 44.8 Å². The average Bonchev–Trinajstić information content (AvgIpc) is 3.36. The van der Waals surface area contributed by atoms with E-state index in [0.29, 0.717) is 38.5 Å². The van der Waals surface area contributed by atoms with E-state index in [2.05, 4.69) is 47.6 Å². The minimum Gasteiger partial charge on any atom is -0.481 e. The van der Waals surface area contributed by atoms with Gasteiger partial charge in [0.15, 0.2) is 12.4 Å². The third-order valence-electron chi connectivity index (χ3n) is 16.1. The summed E-state index contributed by atoms with van der Waals surface area (Å²) in [6.07, 6.45) is -3.21. The van der Waals surface area contributed by atoms with Crippen molar-refractivity contribution in [3.05, 3.63) is 11.6 Å². The number of carboxylic acid groups (broad SMARTS) is 1. The van der Waals surface area contributed by atoms with Gasteiger partial charge in [0, 0.05) is 5.41 Å². The van der Waals surface area contributed by atoms with Crippen LogP contribution in [0.3, 0.4) is 0 Å². The molecule has 1 aliphatic heterocycles. The Bertz CT molecular complexity index is 1400. The largest absolute Gasteiger partial charge is 0.481 e. The van der Waals surface area contributed by atoms with Crippen molar-refractivity contribution in [3.8, 4) is 0 Å². The highest BCUT2D eigenvalue weighted by Gasteiger charge is 2.77. The molecule has 0 amide bonds. The van der Waals surface area contributed by atoms with Gasteiger partial charge in [-0.3, -0.25) is 9.59 Å². The van der Waals surface area contributed by atoms with Crippen molar-refractivity contribution in [2.45, 2.75) is 181 Å². The molecule has 0 radical (unpaired) electrons. The zero-order valence-corrected chi connectivity index (χ0v) is 33.4. The number of carbonyl (C=O) groups is 2. The Morgan fingerprint density at radius 3 is 2.19 bits per heavy atom. The molecule has 1 heterocycles. The molecule has 5 aliphatic rings. The van der Waals surface area contributed by atoms with Crippen molar-refractivity contribution in [2.24, 2.45) is 44.8 Å². The van der Waals surface area contributed by atoms with E-state index < -0.39 is 102 Å². The highest BCUT2D eigenvalue weighted by molar-refractivity contribution is 5.76. The van der Waals surface area contributed by atoms with Crippen molar-refractivity contribution in [3.63, 3.8) is 0 Å². The van der Waals surface area contributed by atoms with Crippen LogP contribution >= 0.6 is 0 Å². The van der Waals surface area contributed by atoms with E-state index in [1.54, 1.807) is 0 Å². The topological polar surface area (TPSA) is 203 Å². The first-order valence-corrected chi connectivity index (χ1v) is 19.8. The van der Waals surface area contributed by atoms with Gasteiger partial charge >= 0.3 is 11.9 Å². The van der Waals surface area contributed by atoms with Crippen LogP contribution in [-0.2, 0) is 23.8 Å². The lowest BCUT2D eigenvalue weighted by Crippen LogP contribution is -2.72. The summed E-state index contributed by atoms with van der Waals surface area (Å²) in [6.45, 7) is 18.5. The van der Waals surface area contributed by atoms with Gasteiger partial charge in [-0.25, -0.2) is 0 Å². The second-order valence-electron chi connectivity index (χ2n) is 19.4. The van der Waals surface area contributed by atoms with E-state index in [4.69, 9.17) is 19.3 Å². The maximum absolute atomic E-state index is 12.6. The van der Waals surface area contributed by atoms with Crippen molar-refractivity contribution in [2.75, 3.05) is 6.61 Å². The third kappa shape index (κ3) is 6.72. The maximum atomic E-state index is 12.6. The van der Waals surface area contributed by atoms with E-state index in [-0.39, 0.29) is 28.6 Å². The molecule has 12 heteroatoms. The van der Waals surface area contributed by atoms with Crippen LogP contribution in [-0.4, -0.2) is 109 Å². The first kappa shape index (κ1) is 42.5. The average molecular weight is 753 g/mol. The first-order chi connectivity index (χ1) is 24.4. The minimum atomic E-state index is -1.67. The quantitative estimate of drug-likeness (QED) is 0.118. The number of hydrogen-bond donors (Lipinski definition) is 7. The Hall–Kier alpha value is -1.64. The standard InChI is InChI=1S/C41H68O12/c1-22(2)11-10-16-39(7,53-35-32(50)33(31(49)24(21-42)51-35)52-30(48)13-12-29(46)47)25-14-18-40(8)38(6)20-23(43)34-36(3,4)27(44)15-17-37(34,5)26(38)19-28(45)41(25,40)9/h11,23-28,31-35,42-45,49-50H,10,12-21H2,1-9H3,(H,46,47)/t23-,24+,25+,26+,27-,28+,31+,32+,33-,34?,35?,37+,38+,39-,40-,41-/m0/s1. The zero-order valence-electron chi connectivity index (χ0n) is 33.4. The van der Waals surface area contributed by atoms with Gasteiger partial charge in [0.05, 0.1) is 43.4 Å². The molecule has 5 fully saturated rings. The van der Waals surface area contributed by atoms with Gasteiger partial charge < -0.3 is 50.0 Å². The Labute approximate surface area is 315 Å². The number of aliphatic hydroxyl groups excluding tert-OH is 6. The molecule has 53 heavy (non-hydrogen) atoms. The van der Waals surface area contributed by atoms with Crippen molar-refractivity contribution in [1.29, 1.82) is 0 Å². The lowest BCUT2D eigenvalue weighted by Gasteiger charge is -2.73. The fourth-order valence-electron chi connectivity index (χ4n) is 13.2. The summed E-state index contributed by atoms with van der Waals surface area (Å²) >= 11 is 0. The maximum Gasteiger partial charge on any atom is 0.306 e. The van der Waals surface area contributed by atoms with Crippen molar-refractivity contribution in [1.82, 2.24) is 0 Å². The van der Waals surface area contributed by atoms with E-state index >= 15 is 0 Å². The molecule has 16 atom stereocenters. The van der Waals surface area contributed by atoms with Crippen molar-refractivity contribution >= 4 is 11.9 Å². The molecule has 4 saturated carbocycles. The first-order valence-electron chi connectivity index (χ1n) is 19.8. The molecule has 2 unspecified atom stereocenters. The molecule has 1 saturated heterocycles. The van der Waals surface area contributed by atoms with Gasteiger partial charge in [-0.05, 0) is 112 Å². The van der Waals surface area contributed by atoms with E-state index in [9.17, 15) is 40.2 Å². The highest BCUT2D eigenvalue weighted by atomic mass is 16.7. The summed E-state index contributed by atoms with van der Waals surface area (Å²) < 4.78 is 18.3. The Morgan fingerprint density at radius 1 is 0.925 bits per heavy atom. The molecule has 4 aliphatic carbocycles. The van der Waals surface area contributed by atoms with Gasteiger partial charge in [-0.1, -0.05) is 53.2 Å². The lowest BCUT2D eigenvalue weighted by molar-refractivity contribution is -0.344. The smallest absolute Gasteiger partial charge is 0.306 e. The Kier molecular flexibility index (Phi) is 11.8. The van der Waals surface area contributed by atoms with E-state index in [1.165, 1.54) is 0 Å². The Balaban J connectivity index is 1.52. The molecular formula is C41H68O12. The number of carboxylic acids is 1. The summed E-state index contributed by atoms with van der Waals surface area (Å²) in [5.41, 5.74) is -2.26. The predicted octanol–water partition coefficient (Wildman–Crippen LogP) is 4.10. The summed E-state index contributed by atoms with van der Waals surface area (Å²) in [5.74, 6) is -2.42. The number of aliphatic carboxylic acids is 1. The number of carbonyl (C=O) groups excluding carboxylic acids is 1. The van der Waals surface area contributed by atoms with Crippen LogP contribution in [0.5, 0.6) is 0 Å². The zero-order chi connectivity index (χ0) is 39.7. The summed E-state index contributed by atoms with van der Waals surface area (Å²) in [7, 11) is 0. The van der Waals surface area contributed by atoms with Crippen LogP contribution in [0.15, 0.2) is 11.6 Å². The second-order valence-corrected chi connectivity index (χ2v) is 19.4. The highest BCUT2D eigenvalue weighted by Crippen LogP contribution is 2.79. The van der Waals surface area contributed by atoms with Gasteiger partial charge in [-0.2, -0.15) is 0 Å². The molecule has 0 aromatic rings. The molecular weight excluding hydrogens is 684 g/mol. The number of rotatable bonds is 11. The third-order valence-corrected chi connectivity index (χ3v) is 16.1. The molecule has 12 nitrogen and oxygen atoms in total.